The first-order valence-electron chi connectivity index (χ1n) is 11.7. The van der Waals surface area contributed by atoms with E-state index in [4.69, 9.17) is 9.47 Å². The monoisotopic (exact) mass is 488 g/mol. The molecule has 0 saturated carbocycles. The molecule has 0 bridgehead atoms. The summed E-state index contributed by atoms with van der Waals surface area (Å²) in [6, 6.07) is 23.9. The molecular formula is C29H32N2O5. The predicted molar refractivity (Wildman–Crippen MR) is 141 cm³/mol. The third-order valence-electron chi connectivity index (χ3n) is 5.60. The minimum atomic E-state index is -1.58. The van der Waals surface area contributed by atoms with Gasteiger partial charge in [0.25, 0.3) is 5.91 Å². The molecule has 36 heavy (non-hydrogen) atoms. The topological polar surface area (TPSA) is 96.9 Å². The highest BCUT2D eigenvalue weighted by molar-refractivity contribution is 6.00. The number of aryl methyl sites for hydroxylation is 1. The molecule has 1 atom stereocenters. The summed E-state index contributed by atoms with van der Waals surface area (Å²) in [6.45, 7) is 8.16. The van der Waals surface area contributed by atoms with E-state index in [1.807, 2.05) is 25.1 Å². The number of amides is 2. The quantitative estimate of drug-likeness (QED) is 0.340. The van der Waals surface area contributed by atoms with E-state index >= 15 is 0 Å². The highest BCUT2D eigenvalue weighted by Gasteiger charge is 2.35. The lowest BCUT2D eigenvalue weighted by molar-refractivity contribution is -0.123. The lowest BCUT2D eigenvalue weighted by Gasteiger charge is -2.27. The van der Waals surface area contributed by atoms with E-state index in [2.05, 4.69) is 53.6 Å². The van der Waals surface area contributed by atoms with Gasteiger partial charge in [-0.15, -0.1) is 0 Å². The van der Waals surface area contributed by atoms with Crippen molar-refractivity contribution >= 4 is 17.7 Å². The van der Waals surface area contributed by atoms with Crippen LogP contribution < -0.4 is 15.4 Å². The highest BCUT2D eigenvalue weighted by Crippen LogP contribution is 2.24. The van der Waals surface area contributed by atoms with Crippen LogP contribution >= 0.6 is 0 Å². The van der Waals surface area contributed by atoms with Gasteiger partial charge in [0.15, 0.2) is 0 Å². The van der Waals surface area contributed by atoms with E-state index in [1.165, 1.54) is 30.5 Å². The van der Waals surface area contributed by atoms with Crippen molar-refractivity contribution in [3.8, 4) is 16.9 Å². The molecule has 0 saturated heterocycles. The molecule has 0 unspecified atom stereocenters. The van der Waals surface area contributed by atoms with E-state index in [1.54, 1.807) is 18.2 Å². The maximum absolute atomic E-state index is 12.7. The summed E-state index contributed by atoms with van der Waals surface area (Å²) >= 11 is 0. The Kier molecular flexibility index (Phi) is 8.86. The number of allylic oxidation sites excluding steroid dienone is 1. The van der Waals surface area contributed by atoms with E-state index in [0.29, 0.717) is 18.0 Å². The number of carbonyl (C=O) groups excluding carboxylic acids is 2. The molecule has 2 amide bonds. The third kappa shape index (κ3) is 7.20. The van der Waals surface area contributed by atoms with Gasteiger partial charge >= 0.3 is 6.09 Å². The number of hydrogen-bond donors (Lipinski definition) is 3. The minimum absolute atomic E-state index is 0.170. The Morgan fingerprint density at radius 3 is 2.28 bits per heavy atom. The Labute approximate surface area is 211 Å². The van der Waals surface area contributed by atoms with Gasteiger partial charge in [-0.1, -0.05) is 61.2 Å². The lowest BCUT2D eigenvalue weighted by atomic mass is 10.0. The number of aliphatic hydroxyl groups excluding tert-OH is 1. The summed E-state index contributed by atoms with van der Waals surface area (Å²) in [5.74, 6) is 0.293. The molecule has 0 aliphatic heterocycles. The van der Waals surface area contributed by atoms with Crippen molar-refractivity contribution in [2.45, 2.75) is 32.7 Å². The molecule has 0 aromatic heterocycles. The van der Waals surface area contributed by atoms with Gasteiger partial charge < -0.3 is 25.2 Å². The number of carbonyl (C=O) groups is 2. The molecule has 7 nitrogen and oxygen atoms in total. The molecule has 0 aliphatic rings. The van der Waals surface area contributed by atoms with Gasteiger partial charge in [0.2, 0.25) is 0 Å². The predicted octanol–water partition coefficient (Wildman–Crippen LogP) is 5.23. The molecule has 0 aliphatic carbocycles. The fourth-order valence-electron chi connectivity index (χ4n) is 3.51. The second kappa shape index (κ2) is 12.0. The molecule has 3 rings (SSSR count). The van der Waals surface area contributed by atoms with Gasteiger partial charge in [-0.05, 0) is 61.2 Å². The number of benzene rings is 3. The van der Waals surface area contributed by atoms with Crippen LogP contribution in [-0.2, 0) is 16.0 Å². The number of ether oxygens (including phenoxy) is 2. The van der Waals surface area contributed by atoms with Gasteiger partial charge in [0.05, 0.1) is 19.0 Å². The lowest BCUT2D eigenvalue weighted by Crippen LogP contribution is -2.57. The summed E-state index contributed by atoms with van der Waals surface area (Å²) in [4.78, 5) is 24.6. The summed E-state index contributed by atoms with van der Waals surface area (Å²) in [5.41, 5.74) is 3.31. The van der Waals surface area contributed by atoms with Crippen LogP contribution in [0.2, 0.25) is 0 Å². The number of rotatable bonds is 10. The van der Waals surface area contributed by atoms with Crippen molar-refractivity contribution in [3.05, 3.63) is 96.3 Å². The summed E-state index contributed by atoms with van der Waals surface area (Å²) in [7, 11) is 0. The van der Waals surface area contributed by atoms with Crippen molar-refractivity contribution in [1.29, 1.82) is 0 Å². The average Bonchev–Trinajstić information content (AvgIpc) is 2.85. The van der Waals surface area contributed by atoms with Gasteiger partial charge in [-0.3, -0.25) is 4.79 Å². The zero-order chi connectivity index (χ0) is 26.1. The van der Waals surface area contributed by atoms with Crippen LogP contribution in [-0.4, -0.2) is 35.9 Å². The standard InChI is InChI=1S/C29H32N2O5/c1-20(2)36-28(34)31-29(4,19-32)27(33)30-25-14-15-26(21(3)18-25)35-17-16-22-10-12-24(13-11-22)23-8-6-5-7-9-23/h5-15,18,32H,1,16-17,19H2,2-4H3,(H,30,33)(H,31,34)/t29-/m0/s1. The molecule has 188 valence electrons. The number of hydrogen-bond acceptors (Lipinski definition) is 5. The normalized spacial score (nSPS) is 12.2. The van der Waals surface area contributed by atoms with Gasteiger partial charge in [0.1, 0.15) is 11.3 Å². The first kappa shape index (κ1) is 26.5. The third-order valence-corrected chi connectivity index (χ3v) is 5.60. The van der Waals surface area contributed by atoms with Crippen LogP contribution in [0.4, 0.5) is 10.5 Å². The van der Waals surface area contributed by atoms with Gasteiger partial charge in [-0.2, -0.15) is 0 Å². The minimum Gasteiger partial charge on any atom is -0.493 e. The van der Waals surface area contributed by atoms with Crippen molar-refractivity contribution in [2.24, 2.45) is 0 Å². The maximum Gasteiger partial charge on any atom is 0.413 e. The number of aliphatic hydroxyl groups is 1. The Morgan fingerprint density at radius 2 is 1.67 bits per heavy atom. The molecule has 7 heteroatoms. The number of anilines is 1. The van der Waals surface area contributed by atoms with E-state index in [0.717, 1.165) is 12.0 Å². The Morgan fingerprint density at radius 1 is 1.00 bits per heavy atom. The van der Waals surface area contributed by atoms with Crippen LogP contribution in [0.3, 0.4) is 0 Å². The van der Waals surface area contributed by atoms with Gasteiger partial charge in [-0.25, -0.2) is 4.79 Å². The van der Waals surface area contributed by atoms with E-state index in [9.17, 15) is 14.7 Å². The fourth-order valence-corrected chi connectivity index (χ4v) is 3.51. The average molecular weight is 489 g/mol. The first-order valence-corrected chi connectivity index (χ1v) is 11.7. The molecule has 3 aromatic rings. The zero-order valence-corrected chi connectivity index (χ0v) is 20.8. The summed E-state index contributed by atoms with van der Waals surface area (Å²) in [6.07, 6.45) is -0.114. The fraction of sp³-hybridized carbons (Fsp3) is 0.241. The van der Waals surface area contributed by atoms with Crippen LogP contribution in [0.15, 0.2) is 85.1 Å². The molecular weight excluding hydrogens is 456 g/mol. The molecule has 0 heterocycles. The number of alkyl carbamates (subject to hydrolysis) is 1. The Bertz CT molecular complexity index is 1210. The maximum atomic E-state index is 12.7. The van der Waals surface area contributed by atoms with Crippen molar-refractivity contribution in [3.63, 3.8) is 0 Å². The molecule has 0 spiro atoms. The molecule has 0 fully saturated rings. The van der Waals surface area contributed by atoms with Gasteiger partial charge in [0, 0.05) is 12.1 Å². The molecule has 0 radical (unpaired) electrons. The zero-order valence-electron chi connectivity index (χ0n) is 20.8. The smallest absolute Gasteiger partial charge is 0.413 e. The number of nitrogens with one attached hydrogen (secondary N) is 2. The van der Waals surface area contributed by atoms with E-state index < -0.39 is 24.1 Å². The second-order valence-corrected chi connectivity index (χ2v) is 8.80. The largest absolute Gasteiger partial charge is 0.493 e. The molecule has 3 N–H and O–H groups in total. The molecule has 3 aromatic carbocycles. The second-order valence-electron chi connectivity index (χ2n) is 8.80. The van der Waals surface area contributed by atoms with Crippen LogP contribution in [0.25, 0.3) is 11.1 Å². The first-order chi connectivity index (χ1) is 17.2. The highest BCUT2D eigenvalue weighted by atomic mass is 16.6. The summed E-state index contributed by atoms with van der Waals surface area (Å²) in [5, 5.41) is 14.8. The van der Waals surface area contributed by atoms with Crippen LogP contribution in [0, 0.1) is 6.92 Å². The Hall–Kier alpha value is -4.10. The van der Waals surface area contributed by atoms with Crippen LogP contribution in [0.5, 0.6) is 5.75 Å². The van der Waals surface area contributed by atoms with Crippen LogP contribution in [0.1, 0.15) is 25.0 Å². The Balaban J connectivity index is 1.54. The van der Waals surface area contributed by atoms with Crippen molar-refractivity contribution < 1.29 is 24.2 Å². The SMILES string of the molecule is C=C(C)OC(=O)N[C@@](C)(CO)C(=O)Nc1ccc(OCCc2ccc(-c3ccccc3)cc2)c(C)c1. The van der Waals surface area contributed by atoms with Crippen molar-refractivity contribution in [2.75, 3.05) is 18.5 Å². The van der Waals surface area contributed by atoms with Crippen molar-refractivity contribution in [1.82, 2.24) is 5.32 Å². The summed E-state index contributed by atoms with van der Waals surface area (Å²) < 4.78 is 10.8. The van der Waals surface area contributed by atoms with E-state index in [-0.39, 0.29) is 5.76 Å².